The third kappa shape index (κ3) is 20.7. The number of carbonyl (C=O) groups excluding carboxylic acids is 9. The number of nitrogens with two attached hydrogens (primary N) is 1. The zero-order valence-electron chi connectivity index (χ0n) is 53.0. The molecular weight excluding hydrogens is 1110 g/mol. The van der Waals surface area contributed by atoms with E-state index in [1.165, 1.54) is 19.4 Å². The molecule has 2 aromatic rings. The number of esters is 1. The smallest absolute Gasteiger partial charge is 0.464 e. The Morgan fingerprint density at radius 2 is 1.23 bits per heavy atom. The minimum absolute atomic E-state index is 0.0350. The van der Waals surface area contributed by atoms with Crippen molar-refractivity contribution in [3.05, 3.63) is 59.7 Å². The Morgan fingerprint density at radius 1 is 0.663 bits per heavy atom. The molecule has 11 atom stereocenters. The summed E-state index contributed by atoms with van der Waals surface area (Å²) in [5, 5.41) is 21.3. The Bertz CT molecular complexity index is 2680. The van der Waals surface area contributed by atoms with Gasteiger partial charge >= 0.3 is 25.3 Å². The quantitative estimate of drug-likeness (QED) is 0.0212. The average Bonchev–Trinajstić information content (AvgIpc) is 1.35. The highest BCUT2D eigenvalue weighted by atomic mass is 16.7. The maximum absolute atomic E-state index is 14.5. The molecule has 2 aromatic carbocycles. The van der Waals surface area contributed by atoms with Crippen molar-refractivity contribution in [3.63, 3.8) is 0 Å². The summed E-state index contributed by atoms with van der Waals surface area (Å²) in [6, 6.07) is 8.17. The van der Waals surface area contributed by atoms with Gasteiger partial charge in [-0.05, 0) is 168 Å². The Balaban J connectivity index is 1.34. The van der Waals surface area contributed by atoms with Gasteiger partial charge in [0.1, 0.15) is 41.4 Å². The zero-order chi connectivity index (χ0) is 63.9. The molecule has 476 valence electrons. The Hall–Kier alpha value is -6.79. The summed E-state index contributed by atoms with van der Waals surface area (Å²) in [6.07, 6.45) is 3.06. The SMILES string of the molecule is CCCCc1ccc(-c2ccc(C(=O)NC(CNC(=O)OC(C)(C)C)C(=O)NC(CCC(=O)NC(C)C(=O)OCC(C)C)C(=O)NC(C)C(=O)NC(CCCCNC(=O)OC(C)(C)C)C(=O)NC(C)B3OC4CC5CC(C5(C)N)C4(C)O3)cc2)cc1. The van der Waals surface area contributed by atoms with Crippen molar-refractivity contribution < 1.29 is 66.7 Å². The lowest BCUT2D eigenvalue weighted by atomic mass is 9.47. The fourth-order valence-electron chi connectivity index (χ4n) is 10.7. The van der Waals surface area contributed by atoms with Crippen molar-refractivity contribution in [2.75, 3.05) is 19.7 Å². The lowest BCUT2D eigenvalue weighted by Crippen LogP contribution is -2.73. The second-order valence-corrected chi connectivity index (χ2v) is 26.1. The van der Waals surface area contributed by atoms with Gasteiger partial charge in [-0.3, -0.25) is 28.8 Å². The molecule has 3 saturated carbocycles. The van der Waals surface area contributed by atoms with Gasteiger partial charge in [0.05, 0.1) is 30.8 Å². The van der Waals surface area contributed by atoms with Crippen LogP contribution in [0.3, 0.4) is 0 Å². The largest absolute Gasteiger partial charge is 0.481 e. The first-order valence-corrected chi connectivity index (χ1v) is 30.4. The van der Waals surface area contributed by atoms with E-state index < -0.39 is 132 Å². The van der Waals surface area contributed by atoms with Crippen LogP contribution >= 0.6 is 0 Å². The number of unbranched alkanes of at least 4 members (excludes halogenated alkanes) is 2. The van der Waals surface area contributed by atoms with Crippen LogP contribution in [0.1, 0.15) is 171 Å². The molecule has 8 amide bonds. The van der Waals surface area contributed by atoms with Gasteiger partial charge in [0.25, 0.3) is 5.91 Å². The van der Waals surface area contributed by atoms with Gasteiger partial charge in [-0.15, -0.1) is 0 Å². The van der Waals surface area contributed by atoms with Crippen LogP contribution in [0.25, 0.3) is 11.1 Å². The van der Waals surface area contributed by atoms with E-state index >= 15 is 0 Å². The fourth-order valence-corrected chi connectivity index (χ4v) is 10.7. The summed E-state index contributed by atoms with van der Waals surface area (Å²) >= 11 is 0. The van der Waals surface area contributed by atoms with E-state index in [0.29, 0.717) is 12.8 Å². The fraction of sp³-hybridized carbons (Fsp3) is 0.661. The molecule has 1 aliphatic heterocycles. The van der Waals surface area contributed by atoms with Crippen LogP contribution in [0.15, 0.2) is 48.5 Å². The molecule has 4 aliphatic rings. The van der Waals surface area contributed by atoms with Gasteiger partial charge in [-0.2, -0.15) is 0 Å². The summed E-state index contributed by atoms with van der Waals surface area (Å²) in [5.74, 6) is -5.60. The summed E-state index contributed by atoms with van der Waals surface area (Å²) in [4.78, 5) is 123. The normalized spacial score (nSPS) is 21.7. The van der Waals surface area contributed by atoms with E-state index in [1.54, 1.807) is 72.7 Å². The minimum Gasteiger partial charge on any atom is -0.464 e. The van der Waals surface area contributed by atoms with Gasteiger partial charge < -0.3 is 71.8 Å². The second-order valence-electron chi connectivity index (χ2n) is 26.1. The molecule has 0 aromatic heterocycles. The van der Waals surface area contributed by atoms with Gasteiger partial charge in [-0.25, -0.2) is 14.4 Å². The van der Waals surface area contributed by atoms with Crippen LogP contribution < -0.4 is 48.3 Å². The number of amides is 8. The standard InChI is InChI=1S/C62H96BN9O14/c1-15-16-19-40-21-23-41(24-22-40)42-25-27-43(28-26-42)52(75)72-47(34-66-58(81)84-60(10,11)12)55(78)71-46(29-30-50(73)67-38(5)56(79)82-35-36(2)3)53(76)68-37(4)51(74)70-45(20-17-18-31-65-57(80)83-59(7,8)9)54(77)69-39(6)63-85-49-33-44-32-48(61(44,13)64)62(49,14)86-63/h21-28,36-39,44-49H,15-20,29-35,64H2,1-14H3,(H,65,80)(H,66,81)(H,67,73)(H,68,76)(H,69,77)(H,70,74)(H,71,78)(H,72,75). The minimum atomic E-state index is -1.57. The summed E-state index contributed by atoms with van der Waals surface area (Å²) in [6.45, 7) is 24.4. The van der Waals surface area contributed by atoms with Gasteiger partial charge in [0.2, 0.25) is 29.5 Å². The number of rotatable bonds is 29. The molecule has 4 fully saturated rings. The van der Waals surface area contributed by atoms with E-state index in [1.807, 2.05) is 39.8 Å². The predicted octanol–water partition coefficient (Wildman–Crippen LogP) is 5.44. The first kappa shape index (κ1) is 70.0. The number of hydrogen-bond donors (Lipinski definition) is 9. The van der Waals surface area contributed by atoms with Crippen LogP contribution in [0.2, 0.25) is 0 Å². The topological polar surface area (TPSA) is 322 Å². The molecule has 0 spiro atoms. The molecule has 6 rings (SSSR count). The molecular formula is C62H96BN9O14. The van der Waals surface area contributed by atoms with Gasteiger partial charge in [0.15, 0.2) is 0 Å². The van der Waals surface area contributed by atoms with Crippen LogP contribution in [-0.4, -0.2) is 145 Å². The third-order valence-electron chi connectivity index (χ3n) is 15.7. The number of aryl methyl sites for hydroxylation is 1. The van der Waals surface area contributed by atoms with Crippen LogP contribution in [0.5, 0.6) is 0 Å². The number of benzene rings is 2. The van der Waals surface area contributed by atoms with Crippen molar-refractivity contribution in [3.8, 4) is 11.1 Å². The maximum atomic E-state index is 14.5. The molecule has 23 nitrogen and oxygen atoms in total. The Kier molecular flexibility index (Phi) is 25.0. The average molecular weight is 1200 g/mol. The monoisotopic (exact) mass is 1200 g/mol. The summed E-state index contributed by atoms with van der Waals surface area (Å²) in [5.41, 5.74) is 7.17. The van der Waals surface area contributed by atoms with Crippen molar-refractivity contribution >= 4 is 60.7 Å². The van der Waals surface area contributed by atoms with Crippen molar-refractivity contribution in [2.45, 2.75) is 226 Å². The summed E-state index contributed by atoms with van der Waals surface area (Å²) < 4.78 is 29.0. The van der Waals surface area contributed by atoms with Crippen molar-refractivity contribution in [2.24, 2.45) is 23.5 Å². The maximum Gasteiger partial charge on any atom is 0.481 e. The number of ether oxygens (including phenoxy) is 3. The van der Waals surface area contributed by atoms with Crippen molar-refractivity contribution in [1.82, 2.24) is 42.5 Å². The number of nitrogens with one attached hydrogen (secondary N) is 8. The first-order valence-electron chi connectivity index (χ1n) is 30.4. The molecule has 0 radical (unpaired) electrons. The lowest BCUT2D eigenvalue weighted by molar-refractivity contribution is -0.164. The molecule has 1 saturated heterocycles. The van der Waals surface area contributed by atoms with E-state index in [0.717, 1.165) is 43.2 Å². The third-order valence-corrected chi connectivity index (χ3v) is 15.7. The Morgan fingerprint density at radius 3 is 1.83 bits per heavy atom. The van der Waals surface area contributed by atoms with Crippen LogP contribution in [0, 0.1) is 17.8 Å². The van der Waals surface area contributed by atoms with E-state index in [4.69, 9.17) is 29.3 Å². The Labute approximate surface area is 507 Å². The highest BCUT2D eigenvalue weighted by molar-refractivity contribution is 6.47. The second kappa shape index (κ2) is 30.7. The highest BCUT2D eigenvalue weighted by Crippen LogP contribution is 2.60. The highest BCUT2D eigenvalue weighted by Gasteiger charge is 2.69. The van der Waals surface area contributed by atoms with E-state index in [-0.39, 0.29) is 55.4 Å². The van der Waals surface area contributed by atoms with Crippen LogP contribution in [-0.2, 0) is 58.7 Å². The number of alkyl carbamates (subject to hydrolysis) is 2. The first-order chi connectivity index (χ1) is 40.2. The van der Waals surface area contributed by atoms with E-state index in [9.17, 15) is 43.2 Å². The molecule has 1 heterocycles. The molecule has 24 heteroatoms. The molecule has 11 unspecified atom stereocenters. The lowest BCUT2D eigenvalue weighted by Gasteiger charge is -2.64. The molecule has 86 heavy (non-hydrogen) atoms. The van der Waals surface area contributed by atoms with E-state index in [2.05, 4.69) is 61.6 Å². The molecule has 10 N–H and O–H groups in total. The number of hydrogen-bond acceptors (Lipinski definition) is 15. The van der Waals surface area contributed by atoms with Gasteiger partial charge in [-0.1, -0.05) is 63.6 Å². The molecule has 3 aliphatic carbocycles. The van der Waals surface area contributed by atoms with Crippen LogP contribution in [0.4, 0.5) is 9.59 Å². The molecule has 2 bridgehead atoms. The number of carbonyl (C=O) groups is 9. The predicted molar refractivity (Wildman–Crippen MR) is 325 cm³/mol. The van der Waals surface area contributed by atoms with Gasteiger partial charge in [0, 0.05) is 30.0 Å². The summed E-state index contributed by atoms with van der Waals surface area (Å²) in [7, 11) is -0.816. The van der Waals surface area contributed by atoms with Crippen molar-refractivity contribution in [1.29, 1.82) is 0 Å². The zero-order valence-corrected chi connectivity index (χ0v) is 53.0.